The Morgan fingerprint density at radius 2 is 1.37 bits per heavy atom. The van der Waals surface area contributed by atoms with E-state index in [0.29, 0.717) is 41.4 Å². The molecule has 0 aromatic carbocycles. The summed E-state index contributed by atoms with van der Waals surface area (Å²) in [6.45, 7) is 9.33. The molecule has 1 spiro atoms. The molecule has 4 aliphatic heterocycles. The second-order valence-electron chi connectivity index (χ2n) is 18.7. The van der Waals surface area contributed by atoms with E-state index in [-0.39, 0.29) is 23.0 Å². The van der Waals surface area contributed by atoms with Gasteiger partial charge < -0.3 is 64.2 Å². The minimum absolute atomic E-state index is 0.188. The van der Waals surface area contributed by atoms with Crippen LogP contribution in [0.15, 0.2) is 0 Å². The molecule has 8 aliphatic rings. The molecule has 4 saturated carbocycles. The third-order valence-corrected chi connectivity index (χ3v) is 16.2. The van der Waals surface area contributed by atoms with Gasteiger partial charge in [0.05, 0.1) is 32.0 Å². The molecule has 3 unspecified atom stereocenters. The molecular weight excluding hydrogens is 676 g/mol. The molecule has 0 amide bonds. The number of aliphatic hydroxyl groups is 7. The molecule has 298 valence electrons. The van der Waals surface area contributed by atoms with Crippen LogP contribution in [0, 0.1) is 52.3 Å². The summed E-state index contributed by atoms with van der Waals surface area (Å²) in [5, 5.41) is 72.8. The fraction of sp³-hybridized carbons (Fsp3) is 1.00. The van der Waals surface area contributed by atoms with E-state index in [1.54, 1.807) is 0 Å². The monoisotopic (exact) mass is 740 g/mol. The van der Waals surface area contributed by atoms with Crippen molar-refractivity contribution < 1.29 is 64.2 Å². The summed E-state index contributed by atoms with van der Waals surface area (Å²) < 4.78 is 37.0. The van der Waals surface area contributed by atoms with Crippen LogP contribution in [0.2, 0.25) is 0 Å². The highest BCUT2D eigenvalue weighted by Gasteiger charge is 2.69. The lowest BCUT2D eigenvalue weighted by Gasteiger charge is -2.61. The van der Waals surface area contributed by atoms with E-state index >= 15 is 0 Å². The summed E-state index contributed by atoms with van der Waals surface area (Å²) in [6.07, 6.45) is -3.66. The van der Waals surface area contributed by atoms with Gasteiger partial charge in [-0.1, -0.05) is 27.7 Å². The van der Waals surface area contributed by atoms with Crippen LogP contribution in [-0.2, 0) is 28.4 Å². The molecule has 0 aromatic heterocycles. The van der Waals surface area contributed by atoms with Crippen molar-refractivity contribution in [2.45, 2.75) is 171 Å². The van der Waals surface area contributed by atoms with Gasteiger partial charge in [0.1, 0.15) is 48.8 Å². The van der Waals surface area contributed by atoms with E-state index in [1.165, 1.54) is 25.7 Å². The molecule has 4 heterocycles. The van der Waals surface area contributed by atoms with Gasteiger partial charge in [-0.15, -0.1) is 0 Å². The molecule has 0 bridgehead atoms. The summed E-state index contributed by atoms with van der Waals surface area (Å²) in [6, 6.07) is 0. The van der Waals surface area contributed by atoms with Crippen molar-refractivity contribution >= 4 is 0 Å². The number of hydrogen-bond donors (Lipinski definition) is 7. The maximum absolute atomic E-state index is 11.2. The van der Waals surface area contributed by atoms with Gasteiger partial charge in [-0.05, 0) is 104 Å². The van der Waals surface area contributed by atoms with Crippen molar-refractivity contribution in [2.75, 3.05) is 19.8 Å². The molecule has 0 aromatic rings. The topological polar surface area (TPSA) is 197 Å². The second kappa shape index (κ2) is 14.1. The first-order valence-electron chi connectivity index (χ1n) is 20.3. The highest BCUT2D eigenvalue weighted by Crippen LogP contribution is 2.71. The van der Waals surface area contributed by atoms with E-state index in [2.05, 4.69) is 27.7 Å². The third kappa shape index (κ3) is 5.98. The van der Waals surface area contributed by atoms with Crippen molar-refractivity contribution in [1.29, 1.82) is 0 Å². The number of aliphatic hydroxyl groups excluding tert-OH is 7. The summed E-state index contributed by atoms with van der Waals surface area (Å²) >= 11 is 0. The highest BCUT2D eigenvalue weighted by atomic mass is 16.7. The number of hydrogen-bond acceptors (Lipinski definition) is 13. The van der Waals surface area contributed by atoms with Crippen molar-refractivity contribution in [2.24, 2.45) is 52.3 Å². The van der Waals surface area contributed by atoms with Gasteiger partial charge in [-0.25, -0.2) is 0 Å². The Hall–Kier alpha value is -0.520. The van der Waals surface area contributed by atoms with Crippen LogP contribution in [-0.4, -0.2) is 135 Å². The molecule has 0 radical (unpaired) electrons. The van der Waals surface area contributed by atoms with Gasteiger partial charge in [0.2, 0.25) is 0 Å². The van der Waals surface area contributed by atoms with Gasteiger partial charge in [0, 0.05) is 12.3 Å². The number of fused-ring (bicyclic) bond motifs is 7. The van der Waals surface area contributed by atoms with E-state index in [1.807, 2.05) is 0 Å². The zero-order chi connectivity index (χ0) is 36.9. The predicted octanol–water partition coefficient (Wildman–Crippen LogP) is 1.44. The molecule has 8 fully saturated rings. The lowest BCUT2D eigenvalue weighted by Crippen LogP contribution is -2.65. The van der Waals surface area contributed by atoms with Gasteiger partial charge in [-0.2, -0.15) is 0 Å². The molecule has 52 heavy (non-hydrogen) atoms. The van der Waals surface area contributed by atoms with Crippen molar-refractivity contribution in [3.63, 3.8) is 0 Å². The fourth-order valence-corrected chi connectivity index (χ4v) is 13.2. The SMILES string of the molecule is CC1CC[C@@]2(OC1)O[C@H]1C[C@H]3[C@@H]4CCC5CC(O[C@@H]6O[C@H](CO)[C@@H](O[C@H]7O[C@H](CO)[C@@H](O)[C@H](O)[C@H]7O)[C@H](O)[C@H]6O)CC[C@]5(C)[C@H]4CC[C@]3(C)[C@H]1[C@@H]2C. The Balaban J connectivity index is 0.892. The first-order chi connectivity index (χ1) is 24.7. The molecule has 13 nitrogen and oxygen atoms in total. The van der Waals surface area contributed by atoms with Crippen LogP contribution in [0.3, 0.4) is 0 Å². The second-order valence-corrected chi connectivity index (χ2v) is 18.7. The third-order valence-electron chi connectivity index (χ3n) is 16.2. The average molecular weight is 741 g/mol. The molecule has 4 aliphatic carbocycles. The number of ether oxygens (including phenoxy) is 6. The van der Waals surface area contributed by atoms with E-state index in [9.17, 15) is 35.7 Å². The first-order valence-corrected chi connectivity index (χ1v) is 20.3. The Morgan fingerprint density at radius 1 is 0.673 bits per heavy atom. The normalized spacial score (nSPS) is 59.0. The quantitative estimate of drug-likeness (QED) is 0.194. The molecular formula is C39H64O13. The molecule has 8 rings (SSSR count). The van der Waals surface area contributed by atoms with Crippen LogP contribution in [0.25, 0.3) is 0 Å². The fourth-order valence-electron chi connectivity index (χ4n) is 13.2. The molecule has 7 N–H and O–H groups in total. The standard InChI is InChI=1S/C39H64O13/c1-18-7-12-39(47-17-18)19(2)28-25(52-39)14-24-22-6-5-20-13-21(8-10-37(20,3)23(22)9-11-38(24,28)4)48-35-33(46)31(44)34(27(16-41)50-35)51-36-32(45)30(43)29(42)26(15-40)49-36/h18-36,40-46H,5-17H2,1-4H3/t18?,19-,20?,21?,22+,23-,24-,25-,26+,27+,28-,29+,30-,31+,32+,33+,34+,35+,36+,37-,38-,39+/m0/s1. The average Bonchev–Trinajstić information content (AvgIpc) is 3.58. The molecule has 13 heteroatoms. The first kappa shape index (κ1) is 38.4. The Bertz CT molecular complexity index is 1260. The summed E-state index contributed by atoms with van der Waals surface area (Å²) in [7, 11) is 0. The van der Waals surface area contributed by atoms with E-state index < -0.39 is 80.4 Å². The van der Waals surface area contributed by atoms with E-state index in [0.717, 1.165) is 45.1 Å². The maximum atomic E-state index is 11.2. The van der Waals surface area contributed by atoms with Crippen LogP contribution in [0.1, 0.15) is 91.9 Å². The van der Waals surface area contributed by atoms with Crippen molar-refractivity contribution in [3.05, 3.63) is 0 Å². The summed E-state index contributed by atoms with van der Waals surface area (Å²) in [5.74, 6) is 3.63. The van der Waals surface area contributed by atoms with Crippen molar-refractivity contribution in [3.8, 4) is 0 Å². The van der Waals surface area contributed by atoms with E-state index in [4.69, 9.17) is 28.4 Å². The highest BCUT2D eigenvalue weighted by molar-refractivity contribution is 5.15. The largest absolute Gasteiger partial charge is 0.394 e. The van der Waals surface area contributed by atoms with Crippen LogP contribution >= 0.6 is 0 Å². The predicted molar refractivity (Wildman–Crippen MR) is 183 cm³/mol. The summed E-state index contributed by atoms with van der Waals surface area (Å²) in [5.41, 5.74) is 0.468. The minimum Gasteiger partial charge on any atom is -0.394 e. The summed E-state index contributed by atoms with van der Waals surface area (Å²) in [4.78, 5) is 0. The zero-order valence-electron chi connectivity index (χ0n) is 31.2. The Morgan fingerprint density at radius 3 is 2.08 bits per heavy atom. The van der Waals surface area contributed by atoms with Crippen LogP contribution in [0.5, 0.6) is 0 Å². The number of rotatable bonds is 6. The van der Waals surface area contributed by atoms with Gasteiger partial charge in [0.15, 0.2) is 18.4 Å². The lowest BCUT2D eigenvalue weighted by atomic mass is 9.44. The maximum Gasteiger partial charge on any atom is 0.187 e. The van der Waals surface area contributed by atoms with Crippen molar-refractivity contribution in [1.82, 2.24) is 0 Å². The molecule has 4 saturated heterocycles. The Labute approximate surface area is 307 Å². The van der Waals surface area contributed by atoms with Gasteiger partial charge in [0.25, 0.3) is 0 Å². The van der Waals surface area contributed by atoms with Gasteiger partial charge in [-0.3, -0.25) is 0 Å². The lowest BCUT2D eigenvalue weighted by molar-refractivity contribution is -0.364. The minimum atomic E-state index is -1.71. The zero-order valence-corrected chi connectivity index (χ0v) is 31.2. The smallest absolute Gasteiger partial charge is 0.187 e. The Kier molecular flexibility index (Phi) is 10.4. The van der Waals surface area contributed by atoms with Crippen LogP contribution < -0.4 is 0 Å². The van der Waals surface area contributed by atoms with Crippen LogP contribution in [0.4, 0.5) is 0 Å². The van der Waals surface area contributed by atoms with Gasteiger partial charge >= 0.3 is 0 Å². The molecule has 22 atom stereocenters.